The molecule has 9 aromatic rings. The molecule has 0 aliphatic rings. The van der Waals surface area contributed by atoms with Gasteiger partial charge in [0.15, 0.2) is 0 Å². The van der Waals surface area contributed by atoms with Gasteiger partial charge < -0.3 is 4.42 Å². The minimum Gasteiger partial charge on any atom is -0.456 e. The lowest BCUT2D eigenvalue weighted by atomic mass is 9.59. The zero-order chi connectivity index (χ0) is 35.3. The third kappa shape index (κ3) is 4.67. The van der Waals surface area contributed by atoms with Gasteiger partial charge in [0.25, 0.3) is 0 Å². The molecule has 51 heavy (non-hydrogen) atoms. The van der Waals surface area contributed by atoms with Crippen molar-refractivity contribution in [1.29, 1.82) is 0 Å². The van der Waals surface area contributed by atoms with Crippen molar-refractivity contribution in [2.24, 2.45) is 0 Å². The zero-order valence-corrected chi connectivity index (χ0v) is 27.4. The van der Waals surface area contributed by atoms with Crippen LogP contribution in [-0.2, 0) is 0 Å². The van der Waals surface area contributed by atoms with Crippen LogP contribution in [-0.4, -0.2) is 62.8 Å². The summed E-state index contributed by atoms with van der Waals surface area (Å²) in [5.41, 5.74) is 8.19. The van der Waals surface area contributed by atoms with Gasteiger partial charge in [-0.1, -0.05) is 107 Å². The highest BCUT2D eigenvalue weighted by atomic mass is 16.3. The SMILES string of the molecule is [B]c1c([B])c([B])c2c(-c3ccc4oc5cc6ccccc6cc5c4c3)c3c([B])c([B])c([B])c([B])c3c(-c3ccc(-c4ccccc4)cc3)c2c1[B]. The molecule has 0 unspecified atom stereocenters. The molecule has 1 heterocycles. The number of hydrogen-bond acceptors (Lipinski definition) is 1. The number of fused-ring (bicyclic) bond motifs is 6. The van der Waals surface area contributed by atoms with Crippen LogP contribution in [0.4, 0.5) is 0 Å². The van der Waals surface area contributed by atoms with E-state index in [1.54, 1.807) is 0 Å². The summed E-state index contributed by atoms with van der Waals surface area (Å²) >= 11 is 0. The summed E-state index contributed by atoms with van der Waals surface area (Å²) in [5.74, 6) is 0. The average Bonchev–Trinajstić information content (AvgIpc) is 3.52. The van der Waals surface area contributed by atoms with Gasteiger partial charge in [0.2, 0.25) is 0 Å². The van der Waals surface area contributed by atoms with Gasteiger partial charge in [0, 0.05) is 10.8 Å². The molecular formula is C42H18B8O. The first-order valence-electron chi connectivity index (χ1n) is 16.4. The topological polar surface area (TPSA) is 13.1 Å². The number of furan rings is 1. The van der Waals surface area contributed by atoms with Crippen molar-refractivity contribution < 1.29 is 4.42 Å². The second kappa shape index (κ2) is 11.7. The smallest absolute Gasteiger partial charge is 0.136 e. The van der Waals surface area contributed by atoms with Crippen molar-refractivity contribution in [3.8, 4) is 33.4 Å². The second-order valence-corrected chi connectivity index (χ2v) is 13.0. The maximum atomic E-state index is 6.96. The van der Waals surface area contributed by atoms with Gasteiger partial charge in [-0.15, -0.1) is 21.9 Å². The lowest BCUT2D eigenvalue weighted by Gasteiger charge is -2.28. The standard InChI is InChI=1S/C42H18B8O/c43-35-31-29(21-12-10-20(11-13-21)19-6-2-1-3-7-19)32-34(38(46)42(50)40(48)36(32)44)30(33(31)37(45)41(49)39(35)47)24-14-15-27-25(17-24)26-16-22-8-4-5-9-23(22)18-28(26)51-27/h1-18H. The lowest BCUT2D eigenvalue weighted by Crippen LogP contribution is -2.50. The molecule has 0 saturated carbocycles. The molecule has 0 spiro atoms. The fourth-order valence-corrected chi connectivity index (χ4v) is 7.60. The zero-order valence-electron chi connectivity index (χ0n) is 27.4. The Morgan fingerprint density at radius 3 is 1.27 bits per heavy atom. The number of benzene rings is 8. The molecule has 1 aromatic heterocycles. The Hall–Kier alpha value is -5.14. The van der Waals surface area contributed by atoms with Gasteiger partial charge in [0.05, 0.1) is 0 Å². The molecule has 0 fully saturated rings. The van der Waals surface area contributed by atoms with Crippen molar-refractivity contribution >= 4 is 161 Å². The first kappa shape index (κ1) is 31.8. The molecule has 0 bridgehead atoms. The van der Waals surface area contributed by atoms with E-state index in [1.807, 2.05) is 66.7 Å². The maximum Gasteiger partial charge on any atom is 0.136 e. The van der Waals surface area contributed by atoms with Crippen LogP contribution in [0.25, 0.3) is 87.6 Å². The van der Waals surface area contributed by atoms with Crippen LogP contribution < -0.4 is 43.7 Å². The van der Waals surface area contributed by atoms with Crippen LogP contribution in [0.15, 0.2) is 114 Å². The third-order valence-electron chi connectivity index (χ3n) is 10.2. The Morgan fingerprint density at radius 2 is 0.725 bits per heavy atom. The van der Waals surface area contributed by atoms with Crippen LogP contribution in [0.3, 0.4) is 0 Å². The average molecular weight is 625 g/mol. The fourth-order valence-electron chi connectivity index (χ4n) is 7.60. The maximum absolute atomic E-state index is 6.96. The van der Waals surface area contributed by atoms with Gasteiger partial charge in [0.1, 0.15) is 73.9 Å². The van der Waals surface area contributed by atoms with E-state index < -0.39 is 0 Å². The predicted octanol–water partition coefficient (Wildman–Crippen LogP) is 2.40. The van der Waals surface area contributed by atoms with Crippen molar-refractivity contribution in [2.45, 2.75) is 0 Å². The Labute approximate surface area is 306 Å². The minimum absolute atomic E-state index is 0.169. The lowest BCUT2D eigenvalue weighted by molar-refractivity contribution is 0.669. The van der Waals surface area contributed by atoms with E-state index in [-0.39, 0.29) is 43.7 Å². The van der Waals surface area contributed by atoms with Crippen molar-refractivity contribution in [1.82, 2.24) is 0 Å². The van der Waals surface area contributed by atoms with Crippen LogP contribution in [0.5, 0.6) is 0 Å². The normalized spacial score (nSPS) is 11.8. The van der Waals surface area contributed by atoms with E-state index >= 15 is 0 Å². The molecule has 16 radical (unpaired) electrons. The Bertz CT molecular complexity index is 2850. The van der Waals surface area contributed by atoms with Crippen molar-refractivity contribution in [3.63, 3.8) is 0 Å². The highest BCUT2D eigenvalue weighted by Crippen LogP contribution is 2.43. The van der Waals surface area contributed by atoms with E-state index in [1.165, 1.54) is 0 Å². The van der Waals surface area contributed by atoms with E-state index in [0.717, 1.165) is 55.0 Å². The summed E-state index contributed by atoms with van der Waals surface area (Å²) in [5, 5.41) is 6.34. The molecule has 9 heteroatoms. The van der Waals surface area contributed by atoms with Gasteiger partial charge in [-0.25, -0.2) is 0 Å². The van der Waals surface area contributed by atoms with E-state index in [2.05, 4.69) is 42.5 Å². The van der Waals surface area contributed by atoms with E-state index in [4.69, 9.17) is 67.2 Å². The first-order chi connectivity index (χ1) is 24.6. The molecule has 0 aliphatic heterocycles. The van der Waals surface area contributed by atoms with Crippen molar-refractivity contribution in [3.05, 3.63) is 109 Å². The summed E-state index contributed by atoms with van der Waals surface area (Å²) in [6, 6.07) is 36.5. The summed E-state index contributed by atoms with van der Waals surface area (Å²) in [6.45, 7) is 0. The second-order valence-electron chi connectivity index (χ2n) is 13.0. The highest BCUT2D eigenvalue weighted by molar-refractivity contribution is 6.71. The molecule has 1 nitrogen and oxygen atoms in total. The van der Waals surface area contributed by atoms with Crippen molar-refractivity contribution in [2.75, 3.05) is 0 Å². The molecule has 216 valence electrons. The molecule has 0 aliphatic carbocycles. The molecule has 8 aromatic carbocycles. The largest absolute Gasteiger partial charge is 0.456 e. The molecular weight excluding hydrogens is 607 g/mol. The Balaban J connectivity index is 1.45. The van der Waals surface area contributed by atoms with Gasteiger partial charge in [-0.3, -0.25) is 0 Å². The van der Waals surface area contributed by atoms with Crippen LogP contribution >= 0.6 is 0 Å². The molecule has 9 rings (SSSR count). The van der Waals surface area contributed by atoms with Crippen LogP contribution in [0.2, 0.25) is 0 Å². The highest BCUT2D eigenvalue weighted by Gasteiger charge is 2.25. The van der Waals surface area contributed by atoms with E-state index in [9.17, 15) is 0 Å². The summed E-state index contributed by atoms with van der Waals surface area (Å²) in [4.78, 5) is 0. The van der Waals surface area contributed by atoms with Gasteiger partial charge in [-0.05, 0) is 90.0 Å². The van der Waals surface area contributed by atoms with Gasteiger partial charge >= 0.3 is 0 Å². The summed E-state index contributed by atoms with van der Waals surface area (Å²) < 4.78 is 6.34. The Kier molecular flexibility index (Phi) is 7.30. The molecule has 0 saturated heterocycles. The summed E-state index contributed by atoms with van der Waals surface area (Å²) in [6.07, 6.45) is 0. The molecule has 0 amide bonds. The summed E-state index contributed by atoms with van der Waals surface area (Å²) in [7, 11) is 54.1. The molecule has 0 N–H and O–H groups in total. The van der Waals surface area contributed by atoms with E-state index in [0.29, 0.717) is 32.7 Å². The first-order valence-corrected chi connectivity index (χ1v) is 16.4. The molecule has 0 atom stereocenters. The third-order valence-corrected chi connectivity index (χ3v) is 10.2. The Morgan fingerprint density at radius 1 is 0.314 bits per heavy atom. The fraction of sp³-hybridized carbons (Fsp3) is 0. The number of hydrogen-bond donors (Lipinski definition) is 0. The van der Waals surface area contributed by atoms with Crippen LogP contribution in [0.1, 0.15) is 0 Å². The predicted molar refractivity (Wildman–Crippen MR) is 226 cm³/mol. The quantitative estimate of drug-likeness (QED) is 0.218. The van der Waals surface area contributed by atoms with Gasteiger partial charge in [-0.2, -0.15) is 0 Å². The monoisotopic (exact) mass is 626 g/mol. The minimum atomic E-state index is 0.169. The van der Waals surface area contributed by atoms with Crippen LogP contribution in [0, 0.1) is 0 Å². The number of rotatable bonds is 3.